The number of rotatable bonds is 2. The van der Waals surface area contributed by atoms with Gasteiger partial charge in [-0.2, -0.15) is 5.10 Å². The zero-order chi connectivity index (χ0) is 11.1. The summed E-state index contributed by atoms with van der Waals surface area (Å²) in [5, 5.41) is 4.01. The molecule has 15 heavy (non-hydrogen) atoms. The van der Waals surface area contributed by atoms with Crippen LogP contribution in [0, 0.1) is 0 Å². The largest absolute Gasteiger partial charge is 0.280 e. The SMILES string of the molecule is CCc1ccc2ncc(S(=O)(=O)Cl)n2n1. The molecule has 0 aliphatic carbocycles. The number of imidazole rings is 1. The average Bonchev–Trinajstić information content (AvgIpc) is 2.59. The molecule has 0 N–H and O–H groups in total. The van der Waals surface area contributed by atoms with Gasteiger partial charge in [0.2, 0.25) is 0 Å². The molecule has 0 fully saturated rings. The van der Waals surface area contributed by atoms with Crippen LogP contribution >= 0.6 is 10.7 Å². The van der Waals surface area contributed by atoms with Gasteiger partial charge in [0.25, 0.3) is 9.05 Å². The summed E-state index contributed by atoms with van der Waals surface area (Å²) in [6.07, 6.45) is 1.92. The van der Waals surface area contributed by atoms with Crippen molar-refractivity contribution < 1.29 is 8.42 Å². The summed E-state index contributed by atoms with van der Waals surface area (Å²) in [5.74, 6) is 0. The Balaban J connectivity index is 2.78. The quantitative estimate of drug-likeness (QED) is 0.747. The van der Waals surface area contributed by atoms with E-state index in [1.54, 1.807) is 12.1 Å². The molecule has 0 spiro atoms. The minimum Gasteiger partial charge on any atom is -0.234 e. The summed E-state index contributed by atoms with van der Waals surface area (Å²) < 4.78 is 23.6. The van der Waals surface area contributed by atoms with E-state index in [4.69, 9.17) is 10.7 Å². The van der Waals surface area contributed by atoms with E-state index >= 15 is 0 Å². The molecular formula is C8H8ClN3O2S. The van der Waals surface area contributed by atoms with Gasteiger partial charge in [0.1, 0.15) is 0 Å². The lowest BCUT2D eigenvalue weighted by atomic mass is 10.3. The first-order valence-corrected chi connectivity index (χ1v) is 6.61. The van der Waals surface area contributed by atoms with Crippen LogP contribution in [0.25, 0.3) is 5.65 Å². The van der Waals surface area contributed by atoms with Crippen LogP contribution < -0.4 is 0 Å². The standard InChI is InChI=1S/C8H8ClN3O2S/c1-2-6-3-4-7-10-5-8(12(7)11-6)15(9,13)14/h3-5H,2H2,1H3. The van der Waals surface area contributed by atoms with Gasteiger partial charge in [-0.1, -0.05) is 6.92 Å². The second-order valence-corrected chi connectivity index (χ2v) is 5.50. The molecule has 0 aliphatic heterocycles. The van der Waals surface area contributed by atoms with E-state index in [1.165, 1.54) is 10.7 Å². The molecule has 0 aliphatic rings. The van der Waals surface area contributed by atoms with Gasteiger partial charge in [-0.3, -0.25) is 0 Å². The Morgan fingerprint density at radius 3 is 2.80 bits per heavy atom. The van der Waals surface area contributed by atoms with Crippen LogP contribution in [-0.4, -0.2) is 23.0 Å². The Bertz CT molecular complexity index is 605. The zero-order valence-corrected chi connectivity index (χ0v) is 9.46. The van der Waals surface area contributed by atoms with Gasteiger partial charge < -0.3 is 0 Å². The van der Waals surface area contributed by atoms with Crippen LogP contribution in [0.5, 0.6) is 0 Å². The smallest absolute Gasteiger partial charge is 0.234 e. The monoisotopic (exact) mass is 245 g/mol. The predicted octanol–water partition coefficient (Wildman–Crippen LogP) is 1.22. The summed E-state index contributed by atoms with van der Waals surface area (Å²) in [6, 6.07) is 3.50. The van der Waals surface area contributed by atoms with E-state index < -0.39 is 9.05 Å². The molecule has 80 valence electrons. The van der Waals surface area contributed by atoms with E-state index in [1.807, 2.05) is 6.92 Å². The van der Waals surface area contributed by atoms with Crippen molar-refractivity contribution in [3.05, 3.63) is 24.0 Å². The van der Waals surface area contributed by atoms with Crippen molar-refractivity contribution in [1.29, 1.82) is 0 Å². The lowest BCUT2D eigenvalue weighted by Gasteiger charge is -1.99. The zero-order valence-electron chi connectivity index (χ0n) is 7.88. The summed E-state index contributed by atoms with van der Waals surface area (Å²) in [7, 11) is 1.44. The third-order valence-corrected chi connectivity index (χ3v) is 3.25. The molecule has 2 aromatic heterocycles. The molecule has 2 heterocycles. The average molecular weight is 246 g/mol. The van der Waals surface area contributed by atoms with Gasteiger partial charge in [-0.15, -0.1) is 0 Å². The van der Waals surface area contributed by atoms with Crippen LogP contribution in [0.15, 0.2) is 23.4 Å². The Morgan fingerprint density at radius 2 is 2.20 bits per heavy atom. The summed E-state index contributed by atoms with van der Waals surface area (Å²) in [6.45, 7) is 1.93. The van der Waals surface area contributed by atoms with Crippen molar-refractivity contribution in [2.45, 2.75) is 18.4 Å². The van der Waals surface area contributed by atoms with E-state index in [0.717, 1.165) is 12.1 Å². The van der Waals surface area contributed by atoms with E-state index in [0.29, 0.717) is 5.65 Å². The second-order valence-electron chi connectivity index (χ2n) is 2.98. The molecule has 0 radical (unpaired) electrons. The predicted molar refractivity (Wildman–Crippen MR) is 55.4 cm³/mol. The molecule has 2 aromatic rings. The Hall–Kier alpha value is -1.14. The van der Waals surface area contributed by atoms with Crippen LogP contribution in [-0.2, 0) is 15.5 Å². The molecule has 0 saturated heterocycles. The topological polar surface area (TPSA) is 64.3 Å². The number of hydrogen-bond donors (Lipinski definition) is 0. The summed E-state index contributed by atoms with van der Waals surface area (Å²) >= 11 is 0. The molecule has 5 nitrogen and oxygen atoms in total. The van der Waals surface area contributed by atoms with E-state index in [2.05, 4.69) is 10.1 Å². The first kappa shape index (κ1) is 10.4. The molecule has 0 atom stereocenters. The van der Waals surface area contributed by atoms with Gasteiger partial charge in [0.05, 0.1) is 11.9 Å². The maximum atomic E-state index is 11.2. The van der Waals surface area contributed by atoms with Crippen molar-refractivity contribution in [2.75, 3.05) is 0 Å². The highest BCUT2D eigenvalue weighted by atomic mass is 35.7. The normalized spacial score (nSPS) is 12.1. The maximum absolute atomic E-state index is 11.2. The van der Waals surface area contributed by atoms with Gasteiger partial charge in [-0.25, -0.2) is 17.9 Å². The van der Waals surface area contributed by atoms with Crippen molar-refractivity contribution in [2.24, 2.45) is 0 Å². The first-order chi connectivity index (χ1) is 7.02. The minimum atomic E-state index is -3.80. The Labute approximate surface area is 91.1 Å². The lowest BCUT2D eigenvalue weighted by Crippen LogP contribution is -2.02. The highest BCUT2D eigenvalue weighted by molar-refractivity contribution is 8.13. The van der Waals surface area contributed by atoms with Crippen LogP contribution in [0.3, 0.4) is 0 Å². The third-order valence-electron chi connectivity index (χ3n) is 2.00. The third kappa shape index (κ3) is 1.82. The number of fused-ring (bicyclic) bond motifs is 1. The fourth-order valence-corrected chi connectivity index (χ4v) is 2.08. The van der Waals surface area contributed by atoms with Gasteiger partial charge in [0, 0.05) is 10.7 Å². The molecule has 0 amide bonds. The fraction of sp³-hybridized carbons (Fsp3) is 0.250. The second kappa shape index (κ2) is 3.46. The number of nitrogens with zero attached hydrogens (tertiary/aromatic N) is 3. The molecular weight excluding hydrogens is 238 g/mol. The molecule has 0 aromatic carbocycles. The highest BCUT2D eigenvalue weighted by Gasteiger charge is 2.17. The summed E-state index contributed by atoms with van der Waals surface area (Å²) in [4.78, 5) is 3.90. The Kier molecular flexibility index (Phi) is 2.40. The number of aromatic nitrogens is 3. The highest BCUT2D eigenvalue weighted by Crippen LogP contribution is 2.15. The maximum Gasteiger partial charge on any atom is 0.280 e. The lowest BCUT2D eigenvalue weighted by molar-refractivity contribution is 0.601. The van der Waals surface area contributed by atoms with Crippen molar-refractivity contribution in [1.82, 2.24) is 14.6 Å². The Morgan fingerprint density at radius 1 is 1.47 bits per heavy atom. The molecule has 2 rings (SSSR count). The van der Waals surface area contributed by atoms with Crippen molar-refractivity contribution in [3.8, 4) is 0 Å². The first-order valence-electron chi connectivity index (χ1n) is 4.30. The molecule has 7 heteroatoms. The number of hydrogen-bond acceptors (Lipinski definition) is 4. The van der Waals surface area contributed by atoms with Crippen LogP contribution in [0.1, 0.15) is 12.6 Å². The fourth-order valence-electron chi connectivity index (χ4n) is 1.25. The molecule has 0 bridgehead atoms. The minimum absolute atomic E-state index is 0.102. The van der Waals surface area contributed by atoms with Gasteiger partial charge in [-0.05, 0) is 18.6 Å². The summed E-state index contributed by atoms with van der Waals surface area (Å²) in [5.41, 5.74) is 1.24. The van der Waals surface area contributed by atoms with Crippen molar-refractivity contribution in [3.63, 3.8) is 0 Å². The van der Waals surface area contributed by atoms with Crippen LogP contribution in [0.4, 0.5) is 0 Å². The number of halogens is 1. The van der Waals surface area contributed by atoms with Gasteiger partial charge in [0.15, 0.2) is 10.7 Å². The molecule has 0 saturated carbocycles. The van der Waals surface area contributed by atoms with E-state index in [9.17, 15) is 8.42 Å². The van der Waals surface area contributed by atoms with Crippen LogP contribution in [0.2, 0.25) is 0 Å². The van der Waals surface area contributed by atoms with Gasteiger partial charge >= 0.3 is 0 Å². The molecule has 0 unspecified atom stereocenters. The number of aryl methyl sites for hydroxylation is 1. The van der Waals surface area contributed by atoms with Crippen molar-refractivity contribution >= 4 is 25.4 Å². The van der Waals surface area contributed by atoms with E-state index in [-0.39, 0.29) is 5.03 Å².